The maximum absolute atomic E-state index is 13.9. The Morgan fingerprint density at radius 3 is 2.15 bits per heavy atom. The first-order valence-electron chi connectivity index (χ1n) is 14.9. The Bertz CT molecular complexity index is 2060. The van der Waals surface area contributed by atoms with Gasteiger partial charge in [0.2, 0.25) is 0 Å². The smallest absolute Gasteiger partial charge is 0.353 e. The van der Waals surface area contributed by atoms with Crippen LogP contribution in [0.15, 0.2) is 89.9 Å². The zero-order valence-electron chi connectivity index (χ0n) is 25.7. The topological polar surface area (TPSA) is 174 Å². The van der Waals surface area contributed by atoms with Crippen LogP contribution >= 0.6 is 0 Å². The molecule has 238 valence electrons. The van der Waals surface area contributed by atoms with Crippen molar-refractivity contribution in [1.29, 1.82) is 0 Å². The van der Waals surface area contributed by atoms with E-state index in [4.69, 9.17) is 4.74 Å². The van der Waals surface area contributed by atoms with Crippen molar-refractivity contribution in [2.45, 2.75) is 51.2 Å². The SMILES string of the molecule is Cc1ccc(C(=O)C(O)[C@H]2O[C@@H](n3c(=O)nc(NC(=O)c4ccccc4)c4nc(C)cnc43)C[C@@]2(O)C(=O)c2ccc(C)cc2)cc1. The highest BCUT2D eigenvalue weighted by atomic mass is 16.6. The number of anilines is 1. The fraction of sp³-hybridized carbons (Fsp3) is 0.229. The number of fused-ring (bicyclic) bond motifs is 1. The predicted molar refractivity (Wildman–Crippen MR) is 171 cm³/mol. The normalized spacial score (nSPS) is 19.8. The molecule has 6 rings (SSSR count). The van der Waals surface area contributed by atoms with Crippen LogP contribution in [0.25, 0.3) is 11.2 Å². The van der Waals surface area contributed by atoms with Gasteiger partial charge in [-0.2, -0.15) is 4.98 Å². The summed E-state index contributed by atoms with van der Waals surface area (Å²) in [5.74, 6) is -2.27. The van der Waals surface area contributed by atoms with Crippen LogP contribution in [0.1, 0.15) is 60.5 Å². The van der Waals surface area contributed by atoms with Gasteiger partial charge in [0.1, 0.15) is 24.0 Å². The van der Waals surface area contributed by atoms with Crippen LogP contribution in [0, 0.1) is 20.8 Å². The average molecular weight is 634 g/mol. The Hall–Kier alpha value is -5.43. The molecular weight excluding hydrogens is 602 g/mol. The zero-order valence-corrected chi connectivity index (χ0v) is 25.7. The molecule has 3 N–H and O–H groups in total. The Morgan fingerprint density at radius 2 is 1.51 bits per heavy atom. The van der Waals surface area contributed by atoms with E-state index in [1.807, 2.05) is 13.8 Å². The quantitative estimate of drug-likeness (QED) is 0.215. The predicted octanol–water partition coefficient (Wildman–Crippen LogP) is 3.51. The number of ether oxygens (including phenoxy) is 1. The Balaban J connectivity index is 1.43. The fourth-order valence-corrected chi connectivity index (χ4v) is 5.62. The molecule has 1 aliphatic rings. The summed E-state index contributed by atoms with van der Waals surface area (Å²) in [5.41, 5.74) is -0.610. The van der Waals surface area contributed by atoms with Crippen molar-refractivity contribution in [2.75, 3.05) is 5.32 Å². The Morgan fingerprint density at radius 1 is 0.894 bits per heavy atom. The van der Waals surface area contributed by atoms with Crippen LogP contribution in [-0.4, -0.2) is 65.0 Å². The number of hydrogen-bond donors (Lipinski definition) is 3. The first-order chi connectivity index (χ1) is 22.5. The molecule has 1 amide bonds. The van der Waals surface area contributed by atoms with E-state index >= 15 is 0 Å². The minimum Gasteiger partial charge on any atom is -0.382 e. The molecule has 12 nitrogen and oxygen atoms in total. The number of aryl methyl sites for hydroxylation is 3. The lowest BCUT2D eigenvalue weighted by Gasteiger charge is -2.29. The van der Waals surface area contributed by atoms with E-state index in [1.54, 1.807) is 61.5 Å². The van der Waals surface area contributed by atoms with Crippen molar-refractivity contribution in [3.8, 4) is 0 Å². The molecule has 1 unspecified atom stereocenters. The van der Waals surface area contributed by atoms with E-state index in [0.717, 1.165) is 15.7 Å². The summed E-state index contributed by atoms with van der Waals surface area (Å²) >= 11 is 0. The maximum atomic E-state index is 13.9. The number of aliphatic hydroxyl groups excluding tert-OH is 1. The van der Waals surface area contributed by atoms with Crippen molar-refractivity contribution < 1.29 is 29.3 Å². The third-order valence-electron chi connectivity index (χ3n) is 8.15. The standard InChI is InChI=1S/C35H31N5O7/c1-19-9-13-22(14-10-19)27(41)28(42)30-35(46,29(43)23-15-11-20(2)12-16-23)17-25(47-30)40-32-26(37-21(3)18-36-32)31(39-34(40)45)38-33(44)24-7-5-4-6-8-24/h4-16,18,25,28,30,42,46H,17H2,1-3H3,(H,38,39,44,45)/t25-,28?,30-,35-/m1/s1. The second-order valence-corrected chi connectivity index (χ2v) is 11.6. The van der Waals surface area contributed by atoms with Gasteiger partial charge < -0.3 is 20.3 Å². The Labute approximate surface area is 268 Å². The molecule has 0 aliphatic carbocycles. The summed E-state index contributed by atoms with van der Waals surface area (Å²) in [6.45, 7) is 5.34. The molecule has 1 saturated heterocycles. The number of carbonyl (C=O) groups is 3. The van der Waals surface area contributed by atoms with Gasteiger partial charge in [-0.25, -0.2) is 19.3 Å². The molecule has 0 radical (unpaired) electrons. The molecular formula is C35H31N5O7. The Kier molecular flexibility index (Phi) is 8.32. The zero-order chi connectivity index (χ0) is 33.5. The molecule has 2 aromatic heterocycles. The van der Waals surface area contributed by atoms with Crippen molar-refractivity contribution in [3.63, 3.8) is 0 Å². The van der Waals surface area contributed by atoms with E-state index < -0.39 is 53.6 Å². The van der Waals surface area contributed by atoms with Crippen molar-refractivity contribution in [1.82, 2.24) is 19.5 Å². The van der Waals surface area contributed by atoms with E-state index in [1.165, 1.54) is 30.5 Å². The van der Waals surface area contributed by atoms with Gasteiger partial charge in [-0.3, -0.25) is 14.4 Å². The largest absolute Gasteiger partial charge is 0.382 e. The molecule has 47 heavy (non-hydrogen) atoms. The van der Waals surface area contributed by atoms with E-state index in [0.29, 0.717) is 11.3 Å². The number of aromatic nitrogens is 4. The first kappa shape index (κ1) is 31.5. The van der Waals surface area contributed by atoms with Gasteiger partial charge in [-0.1, -0.05) is 77.9 Å². The second kappa shape index (κ2) is 12.4. The monoisotopic (exact) mass is 633 g/mol. The molecule has 4 atom stereocenters. The number of aliphatic hydroxyl groups is 2. The highest BCUT2D eigenvalue weighted by Gasteiger charge is 2.58. The first-order valence-corrected chi connectivity index (χ1v) is 14.9. The van der Waals surface area contributed by atoms with Crippen LogP contribution in [0.4, 0.5) is 5.82 Å². The van der Waals surface area contributed by atoms with Crippen LogP contribution in [0.3, 0.4) is 0 Å². The minimum absolute atomic E-state index is 0.0469. The molecule has 0 saturated carbocycles. The molecule has 12 heteroatoms. The molecule has 1 fully saturated rings. The van der Waals surface area contributed by atoms with Crippen LogP contribution < -0.4 is 11.0 Å². The lowest BCUT2D eigenvalue weighted by Crippen LogP contribution is -2.53. The fourth-order valence-electron chi connectivity index (χ4n) is 5.62. The van der Waals surface area contributed by atoms with Gasteiger partial charge in [-0.15, -0.1) is 0 Å². The van der Waals surface area contributed by atoms with Crippen LogP contribution in [0.5, 0.6) is 0 Å². The number of benzene rings is 3. The highest BCUT2D eigenvalue weighted by molar-refractivity contribution is 6.07. The summed E-state index contributed by atoms with van der Waals surface area (Å²) in [4.78, 5) is 66.9. The van der Waals surface area contributed by atoms with Gasteiger partial charge in [0.15, 0.2) is 28.6 Å². The van der Waals surface area contributed by atoms with Gasteiger partial charge in [0, 0.05) is 23.1 Å². The summed E-state index contributed by atoms with van der Waals surface area (Å²) in [6, 6.07) is 21.2. The van der Waals surface area contributed by atoms with Gasteiger partial charge in [-0.05, 0) is 32.9 Å². The maximum Gasteiger partial charge on any atom is 0.353 e. The van der Waals surface area contributed by atoms with Gasteiger partial charge in [0.05, 0.1) is 11.9 Å². The number of carbonyl (C=O) groups excluding carboxylic acids is 3. The molecule has 0 spiro atoms. The van der Waals surface area contributed by atoms with Crippen LogP contribution in [0.2, 0.25) is 0 Å². The van der Waals surface area contributed by atoms with E-state index in [2.05, 4.69) is 20.3 Å². The number of rotatable bonds is 8. The van der Waals surface area contributed by atoms with Crippen LogP contribution in [-0.2, 0) is 4.74 Å². The van der Waals surface area contributed by atoms with Gasteiger partial charge in [0.25, 0.3) is 5.91 Å². The molecule has 1 aliphatic heterocycles. The van der Waals surface area contributed by atoms with Crippen molar-refractivity contribution in [3.05, 3.63) is 129 Å². The third kappa shape index (κ3) is 5.97. The van der Waals surface area contributed by atoms with E-state index in [9.17, 15) is 29.4 Å². The molecule has 3 aromatic carbocycles. The summed E-state index contributed by atoms with van der Waals surface area (Å²) in [5, 5.41) is 26.1. The summed E-state index contributed by atoms with van der Waals surface area (Å²) < 4.78 is 7.09. The molecule has 3 heterocycles. The lowest BCUT2D eigenvalue weighted by atomic mass is 9.82. The van der Waals surface area contributed by atoms with Crippen molar-refractivity contribution >= 4 is 34.5 Å². The van der Waals surface area contributed by atoms with E-state index in [-0.39, 0.29) is 28.1 Å². The second-order valence-electron chi connectivity index (χ2n) is 11.6. The average Bonchev–Trinajstić information content (AvgIpc) is 3.42. The summed E-state index contributed by atoms with van der Waals surface area (Å²) in [6.07, 6.45) is -4.33. The lowest BCUT2D eigenvalue weighted by molar-refractivity contribution is -0.0908. The third-order valence-corrected chi connectivity index (χ3v) is 8.15. The number of nitrogens with one attached hydrogen (secondary N) is 1. The number of ketones is 2. The molecule has 5 aromatic rings. The highest BCUT2D eigenvalue weighted by Crippen LogP contribution is 2.41. The number of hydrogen-bond acceptors (Lipinski definition) is 10. The summed E-state index contributed by atoms with van der Waals surface area (Å²) in [7, 11) is 0. The number of amides is 1. The minimum atomic E-state index is -2.45. The van der Waals surface area contributed by atoms with Crippen molar-refractivity contribution in [2.24, 2.45) is 0 Å². The number of Topliss-reactive ketones (excluding diaryl/α,β-unsaturated/α-hetero) is 2. The van der Waals surface area contributed by atoms with Gasteiger partial charge >= 0.3 is 5.69 Å². The number of nitrogens with zero attached hydrogens (tertiary/aromatic N) is 4. The molecule has 0 bridgehead atoms.